The number of hydrogen-bond acceptors (Lipinski definition) is 4. The van der Waals surface area contributed by atoms with E-state index in [0.717, 1.165) is 16.8 Å². The highest BCUT2D eigenvalue weighted by Gasteiger charge is 2.35. The average molecular weight is 458 g/mol. The normalized spacial score (nSPS) is 15.2. The standard InChI is InChI=1S/C27H27N3O4/c1-17-4-5-18(2)24(14-17)30-16-20(15-25(30)31)27(33)29-22-10-8-21(9-11-22)28-26(32)19-6-12-23(34-3)13-7-19/h4-14,20H,15-16H2,1-3H3,(H,28,32)(H,29,33). The number of anilines is 3. The van der Waals surface area contributed by atoms with E-state index in [2.05, 4.69) is 10.6 Å². The van der Waals surface area contributed by atoms with Gasteiger partial charge >= 0.3 is 0 Å². The number of nitrogens with zero attached hydrogens (tertiary/aromatic N) is 1. The summed E-state index contributed by atoms with van der Waals surface area (Å²) < 4.78 is 5.11. The number of carbonyl (C=O) groups excluding carboxylic acids is 3. The molecule has 3 aromatic rings. The lowest BCUT2D eigenvalue weighted by Crippen LogP contribution is -2.28. The molecule has 34 heavy (non-hydrogen) atoms. The van der Waals surface area contributed by atoms with Gasteiger partial charge in [-0.05, 0) is 79.6 Å². The Balaban J connectivity index is 1.36. The molecule has 0 bridgehead atoms. The Bertz CT molecular complexity index is 1220. The number of hydrogen-bond donors (Lipinski definition) is 2. The fraction of sp³-hybridized carbons (Fsp3) is 0.222. The molecule has 0 aliphatic carbocycles. The Morgan fingerprint density at radius 1 is 0.912 bits per heavy atom. The molecule has 2 N–H and O–H groups in total. The van der Waals surface area contributed by atoms with Gasteiger partial charge in [0.25, 0.3) is 5.91 Å². The number of carbonyl (C=O) groups is 3. The molecule has 0 saturated carbocycles. The Kier molecular flexibility index (Phi) is 6.63. The molecule has 1 atom stereocenters. The quantitative estimate of drug-likeness (QED) is 0.568. The van der Waals surface area contributed by atoms with Crippen molar-refractivity contribution < 1.29 is 19.1 Å². The second kappa shape index (κ2) is 9.79. The Hall–Kier alpha value is -4.13. The minimum Gasteiger partial charge on any atom is -0.497 e. The molecule has 7 nitrogen and oxygen atoms in total. The van der Waals surface area contributed by atoms with Crippen molar-refractivity contribution in [2.45, 2.75) is 20.3 Å². The molecule has 0 aromatic heterocycles. The third-order valence-corrected chi connectivity index (χ3v) is 5.91. The van der Waals surface area contributed by atoms with Crippen LogP contribution in [0.2, 0.25) is 0 Å². The zero-order chi connectivity index (χ0) is 24.2. The maximum atomic E-state index is 12.8. The van der Waals surface area contributed by atoms with Crippen LogP contribution in [0.15, 0.2) is 66.7 Å². The first kappa shape index (κ1) is 23.0. The van der Waals surface area contributed by atoms with Gasteiger partial charge in [-0.15, -0.1) is 0 Å². The highest BCUT2D eigenvalue weighted by atomic mass is 16.5. The third kappa shape index (κ3) is 5.09. The van der Waals surface area contributed by atoms with E-state index >= 15 is 0 Å². The summed E-state index contributed by atoms with van der Waals surface area (Å²) >= 11 is 0. The predicted octanol–water partition coefficient (Wildman–Crippen LogP) is 4.56. The van der Waals surface area contributed by atoms with Crippen LogP contribution in [-0.2, 0) is 9.59 Å². The summed E-state index contributed by atoms with van der Waals surface area (Å²) in [5, 5.41) is 5.71. The van der Waals surface area contributed by atoms with Gasteiger partial charge in [-0.2, -0.15) is 0 Å². The minimum absolute atomic E-state index is 0.0505. The highest BCUT2D eigenvalue weighted by molar-refractivity contribution is 6.05. The SMILES string of the molecule is COc1ccc(C(=O)Nc2ccc(NC(=O)C3CC(=O)N(c4cc(C)ccc4C)C3)cc2)cc1. The number of nitrogens with one attached hydrogen (secondary N) is 2. The summed E-state index contributed by atoms with van der Waals surface area (Å²) in [4.78, 5) is 39.5. The summed E-state index contributed by atoms with van der Waals surface area (Å²) in [7, 11) is 1.57. The van der Waals surface area contributed by atoms with E-state index in [1.165, 1.54) is 0 Å². The average Bonchev–Trinajstić information content (AvgIpc) is 3.23. The van der Waals surface area contributed by atoms with Crippen LogP contribution >= 0.6 is 0 Å². The number of ether oxygens (including phenoxy) is 1. The van der Waals surface area contributed by atoms with Gasteiger partial charge in [0.15, 0.2) is 0 Å². The number of methoxy groups -OCH3 is 1. The summed E-state index contributed by atoms with van der Waals surface area (Å²) in [6, 6.07) is 19.7. The highest BCUT2D eigenvalue weighted by Crippen LogP contribution is 2.29. The Labute approximate surface area is 198 Å². The molecule has 1 fully saturated rings. The zero-order valence-corrected chi connectivity index (χ0v) is 19.4. The second-order valence-electron chi connectivity index (χ2n) is 8.44. The van der Waals surface area contributed by atoms with Crippen molar-refractivity contribution >= 4 is 34.8 Å². The molecule has 3 aromatic carbocycles. The van der Waals surface area contributed by atoms with E-state index in [0.29, 0.717) is 29.2 Å². The van der Waals surface area contributed by atoms with Crippen LogP contribution in [0.1, 0.15) is 27.9 Å². The Morgan fingerprint density at radius 3 is 2.21 bits per heavy atom. The van der Waals surface area contributed by atoms with E-state index < -0.39 is 5.92 Å². The molecule has 1 aliphatic rings. The smallest absolute Gasteiger partial charge is 0.255 e. The molecular weight excluding hydrogens is 430 g/mol. The van der Waals surface area contributed by atoms with Gasteiger partial charge < -0.3 is 20.3 Å². The zero-order valence-electron chi connectivity index (χ0n) is 19.4. The van der Waals surface area contributed by atoms with Gasteiger partial charge in [-0.25, -0.2) is 0 Å². The molecule has 3 amide bonds. The van der Waals surface area contributed by atoms with Crippen molar-refractivity contribution in [1.29, 1.82) is 0 Å². The predicted molar refractivity (Wildman–Crippen MR) is 132 cm³/mol. The number of aryl methyl sites for hydroxylation is 2. The lowest BCUT2D eigenvalue weighted by Gasteiger charge is -2.19. The monoisotopic (exact) mass is 457 g/mol. The molecule has 0 spiro atoms. The van der Waals surface area contributed by atoms with E-state index in [-0.39, 0.29) is 24.1 Å². The van der Waals surface area contributed by atoms with Crippen molar-refractivity contribution in [2.24, 2.45) is 5.92 Å². The van der Waals surface area contributed by atoms with E-state index in [9.17, 15) is 14.4 Å². The van der Waals surface area contributed by atoms with Crippen molar-refractivity contribution in [1.82, 2.24) is 0 Å². The van der Waals surface area contributed by atoms with Gasteiger partial charge in [-0.1, -0.05) is 12.1 Å². The van der Waals surface area contributed by atoms with E-state index in [1.807, 2.05) is 32.0 Å². The molecule has 0 radical (unpaired) electrons. The number of rotatable bonds is 6. The van der Waals surface area contributed by atoms with Crippen LogP contribution in [0.4, 0.5) is 17.1 Å². The number of benzene rings is 3. The van der Waals surface area contributed by atoms with Crippen LogP contribution in [0.5, 0.6) is 5.75 Å². The van der Waals surface area contributed by atoms with Gasteiger partial charge in [0.2, 0.25) is 11.8 Å². The maximum Gasteiger partial charge on any atom is 0.255 e. The Morgan fingerprint density at radius 2 is 1.56 bits per heavy atom. The molecule has 7 heteroatoms. The molecule has 1 heterocycles. The van der Waals surface area contributed by atoms with Crippen molar-refractivity contribution in [3.05, 3.63) is 83.4 Å². The molecule has 1 saturated heterocycles. The second-order valence-corrected chi connectivity index (χ2v) is 8.44. The van der Waals surface area contributed by atoms with Crippen molar-refractivity contribution in [2.75, 3.05) is 29.2 Å². The fourth-order valence-corrected chi connectivity index (χ4v) is 3.95. The van der Waals surface area contributed by atoms with Crippen LogP contribution in [0.25, 0.3) is 0 Å². The first-order chi connectivity index (χ1) is 16.3. The molecular formula is C27H27N3O4. The van der Waals surface area contributed by atoms with E-state index in [1.54, 1.807) is 60.5 Å². The van der Waals surface area contributed by atoms with Crippen molar-refractivity contribution in [3.8, 4) is 5.75 Å². The first-order valence-electron chi connectivity index (χ1n) is 11.1. The largest absolute Gasteiger partial charge is 0.497 e. The summed E-state index contributed by atoms with van der Waals surface area (Å²) in [5.74, 6) is -0.239. The van der Waals surface area contributed by atoms with E-state index in [4.69, 9.17) is 4.74 Å². The van der Waals surface area contributed by atoms with Crippen LogP contribution < -0.4 is 20.3 Å². The molecule has 1 aliphatic heterocycles. The van der Waals surface area contributed by atoms with Crippen LogP contribution in [-0.4, -0.2) is 31.4 Å². The third-order valence-electron chi connectivity index (χ3n) is 5.91. The van der Waals surface area contributed by atoms with Gasteiger partial charge in [-0.3, -0.25) is 14.4 Å². The fourth-order valence-electron chi connectivity index (χ4n) is 3.95. The van der Waals surface area contributed by atoms with Gasteiger partial charge in [0.1, 0.15) is 5.75 Å². The maximum absolute atomic E-state index is 12.8. The summed E-state index contributed by atoms with van der Waals surface area (Å²) in [5.41, 5.74) is 4.66. The first-order valence-corrected chi connectivity index (χ1v) is 11.1. The lowest BCUT2D eigenvalue weighted by molar-refractivity contribution is -0.122. The molecule has 1 unspecified atom stereocenters. The number of amides is 3. The summed E-state index contributed by atoms with van der Waals surface area (Å²) in [6.07, 6.45) is 0.176. The minimum atomic E-state index is -0.429. The topological polar surface area (TPSA) is 87.7 Å². The molecule has 174 valence electrons. The van der Waals surface area contributed by atoms with Crippen molar-refractivity contribution in [3.63, 3.8) is 0 Å². The molecule has 4 rings (SSSR count). The van der Waals surface area contributed by atoms with Crippen LogP contribution in [0, 0.1) is 19.8 Å². The van der Waals surface area contributed by atoms with Gasteiger partial charge in [0, 0.05) is 35.6 Å². The van der Waals surface area contributed by atoms with Gasteiger partial charge in [0.05, 0.1) is 13.0 Å². The lowest BCUT2D eigenvalue weighted by atomic mass is 10.1. The van der Waals surface area contributed by atoms with Crippen LogP contribution in [0.3, 0.4) is 0 Å². The summed E-state index contributed by atoms with van der Waals surface area (Å²) in [6.45, 7) is 4.30.